The first-order valence-corrected chi connectivity index (χ1v) is 16.5. The van der Waals surface area contributed by atoms with Gasteiger partial charge < -0.3 is 9.30 Å². The summed E-state index contributed by atoms with van der Waals surface area (Å²) in [7, 11) is 3.91. The third-order valence-corrected chi connectivity index (χ3v) is 10.1. The van der Waals surface area contributed by atoms with Crippen molar-refractivity contribution in [3.63, 3.8) is 0 Å². The van der Waals surface area contributed by atoms with Crippen molar-refractivity contribution in [1.29, 1.82) is 0 Å². The van der Waals surface area contributed by atoms with Gasteiger partial charge in [-0.15, -0.1) is 11.3 Å². The van der Waals surface area contributed by atoms with Crippen molar-refractivity contribution in [2.24, 2.45) is 12.0 Å². The van der Waals surface area contributed by atoms with E-state index >= 15 is 0 Å². The Morgan fingerprint density at radius 1 is 1.00 bits per heavy atom. The van der Waals surface area contributed by atoms with E-state index in [9.17, 15) is 4.39 Å². The van der Waals surface area contributed by atoms with Crippen LogP contribution in [0.25, 0.3) is 22.4 Å². The first-order chi connectivity index (χ1) is 20.9. The lowest BCUT2D eigenvalue weighted by Crippen LogP contribution is -2.26. The minimum Gasteiger partial charge on any atom is -0.489 e. The molecule has 0 unspecified atom stereocenters. The molecular formula is C35H36Cl2FN3OS. The molecule has 8 heteroatoms. The fourth-order valence-corrected chi connectivity index (χ4v) is 7.78. The van der Waals surface area contributed by atoms with Crippen molar-refractivity contribution in [3.8, 4) is 17.0 Å². The van der Waals surface area contributed by atoms with E-state index in [4.69, 9.17) is 27.9 Å². The normalized spacial score (nSPS) is 17.8. The Hall–Kier alpha value is -2.90. The molecule has 0 radical (unpaired) electrons. The molecule has 0 saturated carbocycles. The third-order valence-electron chi connectivity index (χ3n) is 8.50. The number of hydrogen-bond donors (Lipinski definition) is 0. The summed E-state index contributed by atoms with van der Waals surface area (Å²) in [5, 5.41) is 3.48. The summed E-state index contributed by atoms with van der Waals surface area (Å²) in [6, 6.07) is 21.1. The van der Waals surface area contributed by atoms with Crippen LogP contribution in [0.5, 0.6) is 5.75 Å². The predicted molar refractivity (Wildman–Crippen MR) is 178 cm³/mol. The lowest BCUT2D eigenvalue weighted by atomic mass is 9.87. The molecule has 1 saturated heterocycles. The predicted octanol–water partition coefficient (Wildman–Crippen LogP) is 8.70. The first-order valence-electron chi connectivity index (χ1n) is 14.9. The van der Waals surface area contributed by atoms with Gasteiger partial charge in [0, 0.05) is 49.2 Å². The molecule has 2 aliphatic rings. The highest BCUT2D eigenvalue weighted by atomic mass is 35.5. The van der Waals surface area contributed by atoms with Gasteiger partial charge in [-0.05, 0) is 101 Å². The van der Waals surface area contributed by atoms with E-state index in [1.807, 2.05) is 25.2 Å². The van der Waals surface area contributed by atoms with Crippen molar-refractivity contribution in [3.05, 3.63) is 103 Å². The molecule has 4 nitrogen and oxygen atoms in total. The van der Waals surface area contributed by atoms with Crippen molar-refractivity contribution >= 4 is 45.7 Å². The topological polar surface area (TPSA) is 29.8 Å². The number of rotatable bonds is 8. The highest BCUT2D eigenvalue weighted by Crippen LogP contribution is 2.43. The molecule has 3 aromatic carbocycles. The van der Waals surface area contributed by atoms with E-state index in [0.717, 1.165) is 67.0 Å². The van der Waals surface area contributed by atoms with Gasteiger partial charge in [-0.1, -0.05) is 53.5 Å². The van der Waals surface area contributed by atoms with Gasteiger partial charge in [0.05, 0.1) is 12.4 Å². The van der Waals surface area contributed by atoms with Crippen LogP contribution in [0.2, 0.25) is 10.0 Å². The van der Waals surface area contributed by atoms with Crippen molar-refractivity contribution in [2.45, 2.75) is 38.2 Å². The molecule has 1 aromatic heterocycles. The highest BCUT2D eigenvalue weighted by Gasteiger charge is 2.25. The van der Waals surface area contributed by atoms with Crippen LogP contribution in [-0.2, 0) is 13.5 Å². The van der Waals surface area contributed by atoms with E-state index in [-0.39, 0.29) is 12.8 Å². The van der Waals surface area contributed by atoms with Crippen LogP contribution in [0.4, 0.5) is 4.39 Å². The van der Waals surface area contributed by atoms with Crippen LogP contribution in [0, 0.1) is 0 Å². The van der Waals surface area contributed by atoms with Gasteiger partial charge in [-0.2, -0.15) is 0 Å². The maximum Gasteiger partial charge on any atom is 0.184 e. The summed E-state index contributed by atoms with van der Waals surface area (Å²) < 4.78 is 21.1. The molecule has 1 aliphatic carbocycles. The van der Waals surface area contributed by atoms with Crippen LogP contribution < -0.4 is 9.54 Å². The number of thiazole rings is 1. The summed E-state index contributed by atoms with van der Waals surface area (Å²) in [4.78, 5) is 7.69. The Morgan fingerprint density at radius 3 is 2.53 bits per heavy atom. The van der Waals surface area contributed by atoms with Gasteiger partial charge in [0.25, 0.3) is 0 Å². The van der Waals surface area contributed by atoms with Gasteiger partial charge in [0.1, 0.15) is 11.9 Å². The molecule has 0 amide bonds. The van der Waals surface area contributed by atoms with E-state index in [1.54, 1.807) is 11.3 Å². The number of aromatic nitrogens is 1. The van der Waals surface area contributed by atoms with Crippen LogP contribution >= 0.6 is 34.5 Å². The van der Waals surface area contributed by atoms with E-state index < -0.39 is 0 Å². The Balaban J connectivity index is 1.38. The smallest absolute Gasteiger partial charge is 0.184 e. The molecule has 43 heavy (non-hydrogen) atoms. The number of nitrogens with zero attached hydrogens (tertiary/aromatic N) is 3. The second-order valence-corrected chi connectivity index (χ2v) is 13.0. The molecule has 6 rings (SSSR count). The Bertz CT molecular complexity index is 1710. The van der Waals surface area contributed by atoms with Gasteiger partial charge in [0.15, 0.2) is 4.80 Å². The van der Waals surface area contributed by atoms with Gasteiger partial charge in [-0.3, -0.25) is 14.3 Å². The van der Waals surface area contributed by atoms with Crippen LogP contribution in [0.15, 0.2) is 71.0 Å². The molecule has 0 bridgehead atoms. The van der Waals surface area contributed by atoms with Crippen molar-refractivity contribution < 1.29 is 9.13 Å². The zero-order valence-electron chi connectivity index (χ0n) is 24.6. The summed E-state index contributed by atoms with van der Waals surface area (Å²) in [6.45, 7) is 2.32. The number of aryl methyl sites for hydroxylation is 1. The molecule has 0 spiro atoms. The van der Waals surface area contributed by atoms with Gasteiger partial charge in [0.2, 0.25) is 0 Å². The van der Waals surface area contributed by atoms with Crippen molar-refractivity contribution in [1.82, 2.24) is 9.47 Å². The largest absolute Gasteiger partial charge is 0.489 e. The molecule has 1 aliphatic heterocycles. The summed E-state index contributed by atoms with van der Waals surface area (Å²) in [5.74, 6) is 0.860. The lowest BCUT2D eigenvalue weighted by Gasteiger charge is -2.19. The summed E-state index contributed by atoms with van der Waals surface area (Å²) in [6.07, 6.45) is 4.57. The maximum absolute atomic E-state index is 12.6. The van der Waals surface area contributed by atoms with Gasteiger partial charge in [-0.25, -0.2) is 0 Å². The number of hydrogen-bond acceptors (Lipinski definition) is 4. The SMILES string of the molecule is C/N=c1\scc(-c2ccc3c(c2)CCCC(c2ccc(Cl)cc2Cl)=C3c2ccc(O[C@H]3CCN(CCCF)C3)cc2)n1C. The summed E-state index contributed by atoms with van der Waals surface area (Å²) >= 11 is 14.8. The average molecular weight is 637 g/mol. The zero-order valence-corrected chi connectivity index (χ0v) is 26.9. The summed E-state index contributed by atoms with van der Waals surface area (Å²) in [5.41, 5.74) is 9.51. The number of likely N-dealkylation sites (tertiary alicyclic amines) is 1. The minimum atomic E-state index is -0.268. The molecular weight excluding hydrogens is 600 g/mol. The van der Waals surface area contributed by atoms with E-state index in [1.165, 1.54) is 33.5 Å². The van der Waals surface area contributed by atoms with Crippen LogP contribution in [-0.4, -0.2) is 48.9 Å². The lowest BCUT2D eigenvalue weighted by molar-refractivity contribution is 0.198. The van der Waals surface area contributed by atoms with Crippen molar-refractivity contribution in [2.75, 3.05) is 33.4 Å². The molecule has 0 N–H and O–H groups in total. The Morgan fingerprint density at radius 2 is 1.79 bits per heavy atom. The highest BCUT2D eigenvalue weighted by molar-refractivity contribution is 7.07. The molecule has 1 atom stereocenters. The second kappa shape index (κ2) is 13.4. The zero-order chi connectivity index (χ0) is 29.9. The quantitative estimate of drug-likeness (QED) is 0.194. The minimum absolute atomic E-state index is 0.129. The molecule has 224 valence electrons. The van der Waals surface area contributed by atoms with E-state index in [2.05, 4.69) is 69.4 Å². The molecule has 4 aromatic rings. The molecule has 1 fully saturated rings. The number of fused-ring (bicyclic) bond motifs is 1. The Labute approximate surface area is 267 Å². The number of benzene rings is 3. The fourth-order valence-electron chi connectivity index (χ4n) is 6.39. The number of allylic oxidation sites excluding steroid dienone is 1. The molecule has 2 heterocycles. The monoisotopic (exact) mass is 635 g/mol. The Kier molecular flexibility index (Phi) is 9.39. The number of halogens is 3. The standard InChI is InChI=1S/C35H36Cl2FN3OS/c1-39-35-40(2)33(22-43-35)25-9-13-29-24(19-25)5-3-6-31(30-14-10-26(36)20-32(30)37)34(29)23-7-11-27(12-8-23)42-28-15-18-41(21-28)17-4-16-38/h7-14,19-20,22,28H,3-6,15-18,21H2,1-2H3/b39-35-/t28-/m0/s1. The fraction of sp³-hybridized carbons (Fsp3) is 0.343. The first kappa shape index (κ1) is 30.1. The second-order valence-electron chi connectivity index (χ2n) is 11.3. The van der Waals surface area contributed by atoms with Gasteiger partial charge >= 0.3 is 0 Å². The third kappa shape index (κ3) is 6.48. The van der Waals surface area contributed by atoms with Crippen LogP contribution in [0.3, 0.4) is 0 Å². The maximum atomic E-state index is 12.6. The number of alkyl halides is 1. The number of ether oxygens (including phenoxy) is 1. The van der Waals surface area contributed by atoms with Crippen LogP contribution in [0.1, 0.15) is 47.9 Å². The average Bonchev–Trinajstić information content (AvgIpc) is 3.56. The van der Waals surface area contributed by atoms with E-state index in [0.29, 0.717) is 16.5 Å².